The summed E-state index contributed by atoms with van der Waals surface area (Å²) >= 11 is 0. The van der Waals surface area contributed by atoms with Gasteiger partial charge in [0.1, 0.15) is 11.8 Å². The molecule has 0 aromatic heterocycles. The Bertz CT molecular complexity index is 621. The predicted molar refractivity (Wildman–Crippen MR) is 105 cm³/mol. The second kappa shape index (κ2) is 9.12. The summed E-state index contributed by atoms with van der Waals surface area (Å²) in [6, 6.07) is 5.87. The zero-order valence-electron chi connectivity index (χ0n) is 16.7. The van der Waals surface area contributed by atoms with Crippen LogP contribution >= 0.6 is 0 Å². The molecule has 0 fully saturated rings. The molecule has 1 aromatic rings. The van der Waals surface area contributed by atoms with Crippen LogP contribution in [0.4, 0.5) is 8.78 Å². The maximum Gasteiger partial charge on any atom is 0.133 e. The topological polar surface area (TPSA) is 20.2 Å². The van der Waals surface area contributed by atoms with Gasteiger partial charge >= 0.3 is 0 Å². The molecule has 1 aromatic carbocycles. The fourth-order valence-electron chi connectivity index (χ4n) is 3.82. The van der Waals surface area contributed by atoms with Crippen LogP contribution in [0.2, 0.25) is 0 Å². The summed E-state index contributed by atoms with van der Waals surface area (Å²) in [6.07, 6.45) is 5.06. The Morgan fingerprint density at radius 1 is 1.23 bits per heavy atom. The van der Waals surface area contributed by atoms with Gasteiger partial charge < -0.3 is 5.11 Å². The second-order valence-electron chi connectivity index (χ2n) is 8.04. The smallest absolute Gasteiger partial charge is 0.133 e. The first kappa shape index (κ1) is 21.1. The van der Waals surface area contributed by atoms with Gasteiger partial charge in [0.2, 0.25) is 0 Å². The van der Waals surface area contributed by atoms with Crippen molar-refractivity contribution in [3.05, 3.63) is 46.5 Å². The Morgan fingerprint density at radius 3 is 2.62 bits per heavy atom. The minimum absolute atomic E-state index is 0.413. The van der Waals surface area contributed by atoms with Crippen molar-refractivity contribution in [1.29, 1.82) is 0 Å². The molecule has 0 radical (unpaired) electrons. The molecule has 0 bridgehead atoms. The van der Waals surface area contributed by atoms with Crippen LogP contribution in [-0.2, 0) is 18.5 Å². The molecule has 1 N–H and O–H groups in total. The molecule has 0 aliphatic heterocycles. The average Bonchev–Trinajstić information content (AvgIpc) is 2.62. The lowest BCUT2D eigenvalue weighted by Crippen LogP contribution is -2.30. The molecule has 1 aliphatic rings. The van der Waals surface area contributed by atoms with E-state index in [0.717, 1.165) is 30.4 Å². The zero-order chi connectivity index (χ0) is 19.3. The van der Waals surface area contributed by atoms with Crippen molar-refractivity contribution in [2.24, 2.45) is 5.92 Å². The highest BCUT2D eigenvalue weighted by Gasteiger charge is 2.29. The Hall–Kier alpha value is -1.22. The van der Waals surface area contributed by atoms with Crippen LogP contribution in [0, 0.1) is 5.92 Å². The van der Waals surface area contributed by atoms with E-state index in [9.17, 15) is 13.9 Å². The Labute approximate surface area is 157 Å². The SMILES string of the molecule is CCCc1ccc(C(C)(F)CC)cc1CC[C@H](O)[C@H]1C=C(C)CCC1F. The lowest BCUT2D eigenvalue weighted by atomic mass is 9.83. The number of benzene rings is 1. The van der Waals surface area contributed by atoms with Crippen LogP contribution < -0.4 is 0 Å². The van der Waals surface area contributed by atoms with E-state index < -0.39 is 23.9 Å². The highest BCUT2D eigenvalue weighted by molar-refractivity contribution is 5.35. The van der Waals surface area contributed by atoms with Crippen molar-refractivity contribution in [2.75, 3.05) is 0 Å². The Kier molecular flexibility index (Phi) is 7.40. The molecule has 3 heteroatoms. The second-order valence-corrected chi connectivity index (χ2v) is 8.04. The van der Waals surface area contributed by atoms with E-state index in [2.05, 4.69) is 6.92 Å². The maximum absolute atomic E-state index is 14.7. The lowest BCUT2D eigenvalue weighted by molar-refractivity contribution is 0.0665. The number of hydrogen-bond donors (Lipinski definition) is 1. The van der Waals surface area contributed by atoms with Crippen LogP contribution in [0.15, 0.2) is 29.8 Å². The molecule has 1 aliphatic carbocycles. The predicted octanol–water partition coefficient (Wildman–Crippen LogP) is 6.22. The number of aryl methyl sites for hydroxylation is 2. The molecule has 2 unspecified atom stereocenters. The summed E-state index contributed by atoms with van der Waals surface area (Å²) < 4.78 is 28.9. The number of alkyl halides is 2. The molecule has 0 saturated heterocycles. The molecule has 1 nitrogen and oxygen atoms in total. The van der Waals surface area contributed by atoms with Gasteiger partial charge in [-0.1, -0.05) is 50.1 Å². The van der Waals surface area contributed by atoms with Crippen LogP contribution in [0.1, 0.15) is 76.5 Å². The zero-order valence-corrected chi connectivity index (χ0v) is 16.7. The highest BCUT2D eigenvalue weighted by atomic mass is 19.1. The van der Waals surface area contributed by atoms with Crippen molar-refractivity contribution in [2.45, 2.75) is 90.6 Å². The van der Waals surface area contributed by atoms with Crippen LogP contribution in [-0.4, -0.2) is 17.4 Å². The largest absolute Gasteiger partial charge is 0.392 e. The van der Waals surface area contributed by atoms with Crippen molar-refractivity contribution < 1.29 is 13.9 Å². The fraction of sp³-hybridized carbons (Fsp3) is 0.652. The first-order valence-electron chi connectivity index (χ1n) is 10.1. The summed E-state index contributed by atoms with van der Waals surface area (Å²) in [7, 11) is 0. The van der Waals surface area contributed by atoms with Crippen molar-refractivity contribution in [3.63, 3.8) is 0 Å². The first-order chi connectivity index (χ1) is 12.3. The molecule has 146 valence electrons. The van der Waals surface area contributed by atoms with Crippen LogP contribution in [0.25, 0.3) is 0 Å². The number of aliphatic hydroxyl groups is 1. The molecular weight excluding hydrogens is 330 g/mol. The van der Waals surface area contributed by atoms with E-state index >= 15 is 0 Å². The molecule has 4 atom stereocenters. The van der Waals surface area contributed by atoms with E-state index in [1.54, 1.807) is 6.92 Å². The minimum Gasteiger partial charge on any atom is -0.392 e. The number of halogens is 2. The quantitative estimate of drug-likeness (QED) is 0.543. The molecule has 0 amide bonds. The molecule has 26 heavy (non-hydrogen) atoms. The third-order valence-electron chi connectivity index (χ3n) is 5.85. The monoisotopic (exact) mass is 364 g/mol. The minimum atomic E-state index is -1.34. The van der Waals surface area contributed by atoms with Gasteiger partial charge in [0.05, 0.1) is 6.10 Å². The third kappa shape index (κ3) is 5.16. The standard InChI is InChI=1S/C23H34F2O/c1-5-7-17-9-11-19(23(4,25)6-2)15-18(17)10-13-22(26)20-14-16(3)8-12-21(20)24/h9,11,14-15,20-22,26H,5-8,10,12-13H2,1-4H3/t20-,21?,22-,23?/m0/s1. The number of hydrogen-bond acceptors (Lipinski definition) is 1. The lowest BCUT2D eigenvalue weighted by Gasteiger charge is -2.28. The van der Waals surface area contributed by atoms with Crippen LogP contribution in [0.5, 0.6) is 0 Å². The van der Waals surface area contributed by atoms with Gasteiger partial charge in [-0.15, -0.1) is 0 Å². The molecule has 0 heterocycles. The first-order valence-corrected chi connectivity index (χ1v) is 10.1. The maximum atomic E-state index is 14.7. The van der Waals surface area contributed by atoms with Gasteiger partial charge in [0.25, 0.3) is 0 Å². The van der Waals surface area contributed by atoms with E-state index in [-0.39, 0.29) is 0 Å². The van der Waals surface area contributed by atoms with Crippen molar-refractivity contribution in [3.8, 4) is 0 Å². The van der Waals surface area contributed by atoms with Gasteiger partial charge in [-0.25, -0.2) is 8.78 Å². The Balaban J connectivity index is 2.16. The van der Waals surface area contributed by atoms with E-state index in [1.807, 2.05) is 38.1 Å². The summed E-state index contributed by atoms with van der Waals surface area (Å²) in [5.41, 5.74) is 2.81. The molecule has 0 saturated carbocycles. The summed E-state index contributed by atoms with van der Waals surface area (Å²) in [5, 5.41) is 10.6. The number of aliphatic hydroxyl groups excluding tert-OH is 1. The third-order valence-corrected chi connectivity index (χ3v) is 5.85. The van der Waals surface area contributed by atoms with Gasteiger partial charge in [0, 0.05) is 5.92 Å². The van der Waals surface area contributed by atoms with Crippen LogP contribution in [0.3, 0.4) is 0 Å². The molecule has 2 rings (SSSR count). The Morgan fingerprint density at radius 2 is 1.96 bits per heavy atom. The number of allylic oxidation sites excluding steroid dienone is 1. The number of rotatable bonds is 8. The van der Waals surface area contributed by atoms with Crippen molar-refractivity contribution in [1.82, 2.24) is 0 Å². The summed E-state index contributed by atoms with van der Waals surface area (Å²) in [6.45, 7) is 7.59. The van der Waals surface area contributed by atoms with E-state index in [4.69, 9.17) is 0 Å². The highest BCUT2D eigenvalue weighted by Crippen LogP contribution is 2.33. The van der Waals surface area contributed by atoms with Gasteiger partial charge in [-0.3, -0.25) is 0 Å². The fourth-order valence-corrected chi connectivity index (χ4v) is 3.82. The normalized spacial score (nSPS) is 24.0. The van der Waals surface area contributed by atoms with E-state index in [1.165, 1.54) is 5.56 Å². The summed E-state index contributed by atoms with van der Waals surface area (Å²) in [5.74, 6) is -0.413. The molecular formula is C23H34F2O. The molecule has 0 spiro atoms. The van der Waals surface area contributed by atoms with Gasteiger partial charge in [0.15, 0.2) is 0 Å². The van der Waals surface area contributed by atoms with Gasteiger partial charge in [-0.2, -0.15) is 0 Å². The van der Waals surface area contributed by atoms with E-state index in [0.29, 0.717) is 31.2 Å². The average molecular weight is 365 g/mol. The van der Waals surface area contributed by atoms with Crippen molar-refractivity contribution >= 4 is 0 Å². The summed E-state index contributed by atoms with van der Waals surface area (Å²) in [4.78, 5) is 0. The van der Waals surface area contributed by atoms with Gasteiger partial charge in [-0.05, 0) is 69.1 Å².